The summed E-state index contributed by atoms with van der Waals surface area (Å²) in [4.78, 5) is 0. The van der Waals surface area contributed by atoms with E-state index in [-0.39, 0.29) is 5.75 Å². The van der Waals surface area contributed by atoms with Gasteiger partial charge >= 0.3 is 0 Å². The Bertz CT molecular complexity index is 711. The molecule has 2 aromatic rings. The van der Waals surface area contributed by atoms with Gasteiger partial charge in [-0.1, -0.05) is 12.1 Å². The zero-order valence-electron chi connectivity index (χ0n) is 10.2. The maximum absolute atomic E-state index is 12.0. The quantitative estimate of drug-likeness (QED) is 0.909. The second-order valence-corrected chi connectivity index (χ2v) is 5.73. The van der Waals surface area contributed by atoms with Crippen LogP contribution in [0, 0.1) is 11.3 Å². The number of hydrogen-bond donors (Lipinski definition) is 1. The number of aryl methyl sites for hydroxylation is 1. The van der Waals surface area contributed by atoms with Crippen molar-refractivity contribution in [3.8, 4) is 6.07 Å². The predicted octanol–water partition coefficient (Wildman–Crippen LogP) is 1.23. The number of sulfonamides is 1. The van der Waals surface area contributed by atoms with Crippen molar-refractivity contribution in [2.45, 2.75) is 5.75 Å². The second kappa shape index (κ2) is 5.12. The van der Waals surface area contributed by atoms with E-state index in [2.05, 4.69) is 9.82 Å². The van der Waals surface area contributed by atoms with Crippen LogP contribution in [0.5, 0.6) is 0 Å². The van der Waals surface area contributed by atoms with Crippen LogP contribution < -0.4 is 4.72 Å². The highest BCUT2D eigenvalue weighted by Crippen LogP contribution is 2.12. The number of benzene rings is 1. The number of nitriles is 1. The van der Waals surface area contributed by atoms with E-state index < -0.39 is 10.0 Å². The van der Waals surface area contributed by atoms with E-state index in [9.17, 15) is 8.42 Å². The predicted molar refractivity (Wildman–Crippen MR) is 70.6 cm³/mol. The maximum Gasteiger partial charge on any atom is 0.238 e. The molecule has 0 fully saturated rings. The Kier molecular flexibility index (Phi) is 3.53. The molecule has 0 spiro atoms. The van der Waals surface area contributed by atoms with E-state index in [0.717, 1.165) is 0 Å². The molecule has 0 aliphatic rings. The molecule has 0 saturated heterocycles. The first-order valence-corrected chi connectivity index (χ1v) is 7.13. The molecule has 1 heterocycles. The number of nitrogens with zero attached hydrogens (tertiary/aromatic N) is 3. The molecule has 0 unspecified atom stereocenters. The lowest BCUT2D eigenvalue weighted by Gasteiger charge is -2.08. The van der Waals surface area contributed by atoms with Crippen molar-refractivity contribution in [2.75, 3.05) is 4.72 Å². The number of aromatic nitrogens is 2. The van der Waals surface area contributed by atoms with E-state index in [0.29, 0.717) is 16.9 Å². The minimum Gasteiger partial charge on any atom is -0.267 e. The first-order valence-electron chi connectivity index (χ1n) is 5.48. The third-order valence-corrected chi connectivity index (χ3v) is 3.75. The van der Waals surface area contributed by atoms with Gasteiger partial charge in [0, 0.05) is 13.1 Å². The Hall–Kier alpha value is -2.33. The first-order chi connectivity index (χ1) is 9.00. The van der Waals surface area contributed by atoms with Crippen LogP contribution in [-0.4, -0.2) is 18.2 Å². The minimum absolute atomic E-state index is 0.149. The van der Waals surface area contributed by atoms with Gasteiger partial charge < -0.3 is 0 Å². The minimum atomic E-state index is -3.49. The van der Waals surface area contributed by atoms with Crippen molar-refractivity contribution in [3.63, 3.8) is 0 Å². The summed E-state index contributed by atoms with van der Waals surface area (Å²) in [6.07, 6.45) is 1.51. The average Bonchev–Trinajstić information content (AvgIpc) is 2.75. The van der Waals surface area contributed by atoms with Gasteiger partial charge in [0.2, 0.25) is 10.0 Å². The van der Waals surface area contributed by atoms with Crippen molar-refractivity contribution < 1.29 is 8.42 Å². The van der Waals surface area contributed by atoms with Gasteiger partial charge in [-0.2, -0.15) is 10.4 Å². The molecular weight excluding hydrogens is 264 g/mol. The Balaban J connectivity index is 2.13. The van der Waals surface area contributed by atoms with Crippen LogP contribution in [0.4, 0.5) is 5.82 Å². The number of hydrogen-bond acceptors (Lipinski definition) is 4. The normalized spacial score (nSPS) is 10.9. The summed E-state index contributed by atoms with van der Waals surface area (Å²) in [5.41, 5.74) is 1.12. The maximum atomic E-state index is 12.0. The summed E-state index contributed by atoms with van der Waals surface area (Å²) in [5.74, 6) is 0.262. The zero-order valence-corrected chi connectivity index (χ0v) is 11.1. The molecule has 98 valence electrons. The molecule has 0 radical (unpaired) electrons. The molecule has 2 rings (SSSR count). The molecule has 7 heteroatoms. The molecule has 0 bridgehead atoms. The van der Waals surface area contributed by atoms with Gasteiger partial charge in [0.05, 0.1) is 23.6 Å². The Labute approximate surface area is 111 Å². The van der Waals surface area contributed by atoms with Crippen LogP contribution in [0.1, 0.15) is 11.1 Å². The van der Waals surface area contributed by atoms with Gasteiger partial charge in [-0.05, 0) is 17.7 Å². The van der Waals surface area contributed by atoms with Crippen molar-refractivity contribution >= 4 is 15.8 Å². The second-order valence-electron chi connectivity index (χ2n) is 4.01. The molecule has 0 aliphatic carbocycles. The van der Waals surface area contributed by atoms with Gasteiger partial charge in [0.1, 0.15) is 5.82 Å². The SMILES string of the molecule is Cn1nccc1NS(=O)(=O)Cc1ccc(C#N)cc1. The Morgan fingerprint density at radius 2 is 2.00 bits per heavy atom. The monoisotopic (exact) mass is 276 g/mol. The lowest BCUT2D eigenvalue weighted by molar-refractivity contribution is 0.599. The summed E-state index contributed by atoms with van der Waals surface area (Å²) in [6.45, 7) is 0. The van der Waals surface area contributed by atoms with E-state index in [4.69, 9.17) is 5.26 Å². The van der Waals surface area contributed by atoms with Crippen molar-refractivity contribution in [2.24, 2.45) is 7.05 Å². The molecule has 1 N–H and O–H groups in total. The van der Waals surface area contributed by atoms with Crippen LogP contribution in [0.15, 0.2) is 36.5 Å². The number of rotatable bonds is 4. The van der Waals surface area contributed by atoms with Gasteiger partial charge in [0.15, 0.2) is 0 Å². The lowest BCUT2D eigenvalue weighted by Crippen LogP contribution is -2.17. The van der Waals surface area contributed by atoms with Crippen LogP contribution in [0.3, 0.4) is 0 Å². The molecule has 1 aromatic heterocycles. The molecular formula is C12H12N4O2S. The molecule has 1 aromatic carbocycles. The highest BCUT2D eigenvalue weighted by molar-refractivity contribution is 7.91. The lowest BCUT2D eigenvalue weighted by atomic mass is 10.2. The summed E-state index contributed by atoms with van der Waals surface area (Å²) in [7, 11) is -1.84. The highest BCUT2D eigenvalue weighted by atomic mass is 32.2. The topological polar surface area (TPSA) is 87.8 Å². The fourth-order valence-corrected chi connectivity index (χ4v) is 2.79. The fraction of sp³-hybridized carbons (Fsp3) is 0.167. The van der Waals surface area contributed by atoms with Crippen LogP contribution in [0.2, 0.25) is 0 Å². The van der Waals surface area contributed by atoms with Gasteiger partial charge in [-0.15, -0.1) is 0 Å². The van der Waals surface area contributed by atoms with Gasteiger partial charge in [-0.3, -0.25) is 9.40 Å². The zero-order chi connectivity index (χ0) is 13.9. The molecule has 19 heavy (non-hydrogen) atoms. The molecule has 6 nitrogen and oxygen atoms in total. The largest absolute Gasteiger partial charge is 0.267 e. The summed E-state index contributed by atoms with van der Waals surface area (Å²) < 4.78 is 27.8. The third kappa shape index (κ3) is 3.33. The fourth-order valence-electron chi connectivity index (χ4n) is 1.56. The Morgan fingerprint density at radius 1 is 1.32 bits per heavy atom. The first kappa shape index (κ1) is 13.1. The highest BCUT2D eigenvalue weighted by Gasteiger charge is 2.13. The van der Waals surface area contributed by atoms with Gasteiger partial charge in [-0.25, -0.2) is 8.42 Å². The molecule has 0 saturated carbocycles. The number of anilines is 1. The van der Waals surface area contributed by atoms with Crippen molar-refractivity contribution in [1.29, 1.82) is 5.26 Å². The van der Waals surface area contributed by atoms with Gasteiger partial charge in [0.25, 0.3) is 0 Å². The smallest absolute Gasteiger partial charge is 0.238 e. The van der Waals surface area contributed by atoms with E-state index >= 15 is 0 Å². The summed E-state index contributed by atoms with van der Waals surface area (Å²) >= 11 is 0. The third-order valence-electron chi connectivity index (χ3n) is 2.52. The summed E-state index contributed by atoms with van der Waals surface area (Å²) in [6, 6.07) is 10.0. The summed E-state index contributed by atoms with van der Waals surface area (Å²) in [5, 5.41) is 12.6. The van der Waals surface area contributed by atoms with E-state index in [1.165, 1.54) is 10.9 Å². The van der Waals surface area contributed by atoms with E-state index in [1.807, 2.05) is 6.07 Å². The molecule has 0 amide bonds. The molecule has 0 aliphatic heterocycles. The van der Waals surface area contributed by atoms with Crippen LogP contribution in [0.25, 0.3) is 0 Å². The van der Waals surface area contributed by atoms with E-state index in [1.54, 1.807) is 37.4 Å². The van der Waals surface area contributed by atoms with Crippen LogP contribution >= 0.6 is 0 Å². The van der Waals surface area contributed by atoms with Crippen molar-refractivity contribution in [1.82, 2.24) is 9.78 Å². The molecule has 0 atom stereocenters. The van der Waals surface area contributed by atoms with Crippen LogP contribution in [-0.2, 0) is 22.8 Å². The Morgan fingerprint density at radius 3 is 2.53 bits per heavy atom. The average molecular weight is 276 g/mol. The number of nitrogens with one attached hydrogen (secondary N) is 1. The standard InChI is InChI=1S/C12H12N4O2S/c1-16-12(6-7-14-16)15-19(17,18)9-11-4-2-10(8-13)3-5-11/h2-7,15H,9H2,1H3. The van der Waals surface area contributed by atoms with Crippen molar-refractivity contribution in [3.05, 3.63) is 47.7 Å².